The molecule has 0 aliphatic heterocycles. The molecule has 0 amide bonds. The van der Waals surface area contributed by atoms with Gasteiger partial charge in [-0.25, -0.2) is 0 Å². The molecule has 0 fully saturated rings. The van der Waals surface area contributed by atoms with Gasteiger partial charge in [-0.3, -0.25) is 4.68 Å². The first-order chi connectivity index (χ1) is 8.74. The second-order valence-corrected chi connectivity index (χ2v) is 5.45. The highest BCUT2D eigenvalue weighted by molar-refractivity contribution is 7.99. The van der Waals surface area contributed by atoms with E-state index in [1.165, 1.54) is 4.90 Å². The fourth-order valence-electron chi connectivity index (χ4n) is 1.84. The molecule has 1 heterocycles. The lowest BCUT2D eigenvalue weighted by molar-refractivity contribution is 0.658. The molecule has 2 rings (SSSR count). The minimum Gasteiger partial charge on any atom is -0.320 e. The minimum absolute atomic E-state index is 0.0917. The molecule has 18 heavy (non-hydrogen) atoms. The van der Waals surface area contributed by atoms with E-state index in [4.69, 9.17) is 5.73 Å². The third kappa shape index (κ3) is 2.94. The van der Waals surface area contributed by atoms with E-state index in [1.807, 2.05) is 28.8 Å². The van der Waals surface area contributed by atoms with Crippen molar-refractivity contribution in [3.05, 3.63) is 47.8 Å². The van der Waals surface area contributed by atoms with E-state index in [9.17, 15) is 0 Å². The van der Waals surface area contributed by atoms with Crippen LogP contribution in [0.2, 0.25) is 0 Å². The van der Waals surface area contributed by atoms with Gasteiger partial charge in [0.2, 0.25) is 0 Å². The smallest absolute Gasteiger partial charge is 0.0582 e. The summed E-state index contributed by atoms with van der Waals surface area (Å²) >= 11 is 1.84. The Kier molecular flexibility index (Phi) is 4.44. The number of hydrogen-bond acceptors (Lipinski definition) is 3. The number of aromatic nitrogens is 2. The summed E-state index contributed by atoms with van der Waals surface area (Å²) < 4.78 is 1.90. The van der Waals surface area contributed by atoms with Gasteiger partial charge in [0.1, 0.15) is 0 Å². The normalized spacial score (nSPS) is 12.6. The van der Waals surface area contributed by atoms with Gasteiger partial charge in [-0.1, -0.05) is 19.1 Å². The third-order valence-corrected chi connectivity index (χ3v) is 3.78. The van der Waals surface area contributed by atoms with Crippen LogP contribution in [0.3, 0.4) is 0 Å². The van der Waals surface area contributed by atoms with E-state index in [2.05, 4.69) is 43.2 Å². The average molecular weight is 261 g/mol. The summed E-state index contributed by atoms with van der Waals surface area (Å²) in [6.45, 7) is 5.10. The van der Waals surface area contributed by atoms with Crippen LogP contribution in [0.1, 0.15) is 31.0 Å². The summed E-state index contributed by atoms with van der Waals surface area (Å²) in [5.41, 5.74) is 8.44. The Hall–Kier alpha value is -1.26. The molecular weight excluding hydrogens is 242 g/mol. The molecule has 2 aromatic rings. The molecule has 1 aromatic carbocycles. The van der Waals surface area contributed by atoms with Gasteiger partial charge < -0.3 is 5.73 Å². The Morgan fingerprint density at radius 3 is 2.50 bits per heavy atom. The predicted octanol–water partition coefficient (Wildman–Crippen LogP) is 3.06. The maximum Gasteiger partial charge on any atom is 0.0582 e. The highest BCUT2D eigenvalue weighted by Gasteiger charge is 2.10. The molecular formula is C14H19N3S. The van der Waals surface area contributed by atoms with Crippen molar-refractivity contribution in [2.24, 2.45) is 5.73 Å². The monoisotopic (exact) mass is 261 g/mol. The fourth-order valence-corrected chi connectivity index (χ4v) is 2.51. The number of aryl methyl sites for hydroxylation is 1. The summed E-state index contributed by atoms with van der Waals surface area (Å²) in [7, 11) is 0. The van der Waals surface area contributed by atoms with Crippen LogP contribution >= 0.6 is 11.8 Å². The van der Waals surface area contributed by atoms with E-state index in [-0.39, 0.29) is 6.04 Å². The lowest BCUT2D eigenvalue weighted by Gasteiger charge is -2.10. The first-order valence-electron chi connectivity index (χ1n) is 6.25. The molecule has 3 nitrogen and oxygen atoms in total. The molecule has 0 radical (unpaired) electrons. The molecule has 0 saturated heterocycles. The Labute approximate surface area is 112 Å². The van der Waals surface area contributed by atoms with Crippen molar-refractivity contribution in [2.75, 3.05) is 5.75 Å². The van der Waals surface area contributed by atoms with Crippen molar-refractivity contribution in [2.45, 2.75) is 31.3 Å². The van der Waals surface area contributed by atoms with Crippen LogP contribution in [0.15, 0.2) is 41.6 Å². The fraction of sp³-hybridized carbons (Fsp3) is 0.357. The van der Waals surface area contributed by atoms with Crippen LogP contribution in [0, 0.1) is 0 Å². The van der Waals surface area contributed by atoms with Crippen molar-refractivity contribution in [3.63, 3.8) is 0 Å². The number of nitrogens with zero attached hydrogens (tertiary/aromatic N) is 2. The van der Waals surface area contributed by atoms with Crippen molar-refractivity contribution in [3.8, 4) is 0 Å². The molecule has 0 spiro atoms. The van der Waals surface area contributed by atoms with E-state index in [1.54, 1.807) is 0 Å². The van der Waals surface area contributed by atoms with E-state index in [0.29, 0.717) is 0 Å². The van der Waals surface area contributed by atoms with Crippen LogP contribution in [0.25, 0.3) is 0 Å². The molecule has 2 N–H and O–H groups in total. The van der Waals surface area contributed by atoms with Crippen LogP contribution in [-0.4, -0.2) is 15.5 Å². The SMILES string of the molecule is CCSc1ccc(C(N)c2cnn(CC)c2)cc1. The summed E-state index contributed by atoms with van der Waals surface area (Å²) in [5.74, 6) is 1.09. The number of rotatable bonds is 5. The molecule has 0 bridgehead atoms. The third-order valence-electron chi connectivity index (χ3n) is 2.89. The second-order valence-electron chi connectivity index (χ2n) is 4.11. The molecule has 0 saturated carbocycles. The Balaban J connectivity index is 2.14. The van der Waals surface area contributed by atoms with Crippen LogP contribution in [0.4, 0.5) is 0 Å². The van der Waals surface area contributed by atoms with Gasteiger partial charge in [-0.05, 0) is 30.4 Å². The zero-order valence-corrected chi connectivity index (χ0v) is 11.7. The zero-order chi connectivity index (χ0) is 13.0. The molecule has 1 atom stereocenters. The number of thioether (sulfide) groups is 1. The van der Waals surface area contributed by atoms with Gasteiger partial charge >= 0.3 is 0 Å². The molecule has 96 valence electrons. The molecule has 1 unspecified atom stereocenters. The van der Waals surface area contributed by atoms with Gasteiger partial charge in [0.15, 0.2) is 0 Å². The van der Waals surface area contributed by atoms with E-state index < -0.39 is 0 Å². The summed E-state index contributed by atoms with van der Waals surface area (Å²) in [6.07, 6.45) is 3.86. The van der Waals surface area contributed by atoms with Crippen molar-refractivity contribution in [1.29, 1.82) is 0 Å². The molecule has 0 aliphatic carbocycles. The largest absolute Gasteiger partial charge is 0.320 e. The first kappa shape index (κ1) is 13.2. The van der Waals surface area contributed by atoms with Crippen molar-refractivity contribution >= 4 is 11.8 Å². The zero-order valence-electron chi connectivity index (χ0n) is 10.8. The lowest BCUT2D eigenvalue weighted by atomic mass is 10.0. The maximum absolute atomic E-state index is 6.25. The highest BCUT2D eigenvalue weighted by atomic mass is 32.2. The quantitative estimate of drug-likeness (QED) is 0.841. The van der Waals surface area contributed by atoms with E-state index >= 15 is 0 Å². The van der Waals surface area contributed by atoms with Gasteiger partial charge in [0.25, 0.3) is 0 Å². The van der Waals surface area contributed by atoms with Gasteiger partial charge in [0, 0.05) is 23.2 Å². The molecule has 1 aromatic heterocycles. The van der Waals surface area contributed by atoms with Crippen LogP contribution in [-0.2, 0) is 6.54 Å². The highest BCUT2D eigenvalue weighted by Crippen LogP contribution is 2.23. The topological polar surface area (TPSA) is 43.8 Å². The van der Waals surface area contributed by atoms with Gasteiger partial charge in [-0.15, -0.1) is 11.8 Å². The average Bonchev–Trinajstić information content (AvgIpc) is 2.88. The standard InChI is InChI=1S/C14H19N3S/c1-3-17-10-12(9-16-17)14(15)11-5-7-13(8-6-11)18-4-2/h5-10,14H,3-4,15H2,1-2H3. The van der Waals surface area contributed by atoms with Crippen LogP contribution < -0.4 is 5.73 Å². The van der Waals surface area contributed by atoms with Gasteiger partial charge in [-0.2, -0.15) is 5.10 Å². The number of nitrogens with two attached hydrogens (primary N) is 1. The summed E-state index contributed by atoms with van der Waals surface area (Å²) in [6, 6.07) is 8.38. The minimum atomic E-state index is -0.0917. The number of hydrogen-bond donors (Lipinski definition) is 1. The van der Waals surface area contributed by atoms with Crippen molar-refractivity contribution < 1.29 is 0 Å². The molecule has 4 heteroatoms. The Morgan fingerprint density at radius 1 is 1.22 bits per heavy atom. The summed E-state index contributed by atoms with van der Waals surface area (Å²) in [5, 5.41) is 4.26. The summed E-state index contributed by atoms with van der Waals surface area (Å²) in [4.78, 5) is 1.29. The first-order valence-corrected chi connectivity index (χ1v) is 7.23. The van der Waals surface area contributed by atoms with Crippen LogP contribution in [0.5, 0.6) is 0 Å². The van der Waals surface area contributed by atoms with Crippen molar-refractivity contribution in [1.82, 2.24) is 9.78 Å². The number of benzene rings is 1. The Morgan fingerprint density at radius 2 is 1.94 bits per heavy atom. The molecule has 0 aliphatic rings. The lowest BCUT2D eigenvalue weighted by Crippen LogP contribution is -2.10. The maximum atomic E-state index is 6.25. The second kappa shape index (κ2) is 6.07. The van der Waals surface area contributed by atoms with Gasteiger partial charge in [0.05, 0.1) is 12.2 Å². The van der Waals surface area contributed by atoms with E-state index in [0.717, 1.165) is 23.4 Å². The Bertz CT molecular complexity index is 490. The predicted molar refractivity (Wildman–Crippen MR) is 76.8 cm³/mol.